The van der Waals surface area contributed by atoms with Crippen LogP contribution < -0.4 is 10.1 Å². The predicted octanol–water partition coefficient (Wildman–Crippen LogP) is 4.85. The summed E-state index contributed by atoms with van der Waals surface area (Å²) in [6.45, 7) is 3.84. The average molecular weight is 388 g/mol. The van der Waals surface area contributed by atoms with E-state index in [1.807, 2.05) is 42.5 Å². The standard InChI is InChI=1S/C15H15ClINO/c1-2-18-10-11-3-8-15(14(16)9-11)19-13-6-4-12(17)5-7-13/h3-9,18H,2,10H2,1H3. The summed E-state index contributed by atoms with van der Waals surface area (Å²) in [7, 11) is 0. The van der Waals surface area contributed by atoms with Gasteiger partial charge in [-0.05, 0) is 71.1 Å². The van der Waals surface area contributed by atoms with Gasteiger partial charge < -0.3 is 10.1 Å². The highest BCUT2D eigenvalue weighted by molar-refractivity contribution is 14.1. The lowest BCUT2D eigenvalue weighted by Crippen LogP contribution is -2.11. The van der Waals surface area contributed by atoms with Crippen LogP contribution >= 0.6 is 34.2 Å². The van der Waals surface area contributed by atoms with Gasteiger partial charge in [0.05, 0.1) is 5.02 Å². The van der Waals surface area contributed by atoms with E-state index in [4.69, 9.17) is 16.3 Å². The molecule has 2 nitrogen and oxygen atoms in total. The zero-order valence-electron chi connectivity index (χ0n) is 10.6. The number of hydrogen-bond acceptors (Lipinski definition) is 2. The minimum absolute atomic E-state index is 0.633. The molecule has 0 saturated carbocycles. The quantitative estimate of drug-likeness (QED) is 0.741. The van der Waals surface area contributed by atoms with Crippen LogP contribution in [0, 0.1) is 3.57 Å². The Kier molecular flexibility index (Phi) is 5.48. The Morgan fingerprint density at radius 2 is 1.89 bits per heavy atom. The lowest BCUT2D eigenvalue weighted by molar-refractivity contribution is 0.482. The van der Waals surface area contributed by atoms with Crippen molar-refractivity contribution in [2.75, 3.05) is 6.54 Å². The third-order valence-electron chi connectivity index (χ3n) is 2.62. The van der Waals surface area contributed by atoms with Gasteiger partial charge in [0, 0.05) is 10.1 Å². The molecule has 2 aromatic carbocycles. The molecule has 0 unspecified atom stereocenters. The topological polar surface area (TPSA) is 21.3 Å². The van der Waals surface area contributed by atoms with E-state index in [1.54, 1.807) is 0 Å². The molecular weight excluding hydrogens is 373 g/mol. The van der Waals surface area contributed by atoms with Crippen molar-refractivity contribution in [2.45, 2.75) is 13.5 Å². The molecule has 0 aliphatic carbocycles. The summed E-state index contributed by atoms with van der Waals surface area (Å²) in [5, 5.41) is 3.90. The number of rotatable bonds is 5. The van der Waals surface area contributed by atoms with Crippen LogP contribution in [0.1, 0.15) is 12.5 Å². The molecule has 1 N–H and O–H groups in total. The Labute approximate surface area is 132 Å². The van der Waals surface area contributed by atoms with Crippen LogP contribution in [0.2, 0.25) is 5.02 Å². The molecule has 0 fully saturated rings. The minimum atomic E-state index is 0.633. The van der Waals surface area contributed by atoms with Gasteiger partial charge >= 0.3 is 0 Å². The van der Waals surface area contributed by atoms with E-state index in [-0.39, 0.29) is 0 Å². The van der Waals surface area contributed by atoms with Gasteiger partial charge in [0.25, 0.3) is 0 Å². The summed E-state index contributed by atoms with van der Waals surface area (Å²) in [6, 6.07) is 13.7. The third-order valence-corrected chi connectivity index (χ3v) is 3.63. The maximum Gasteiger partial charge on any atom is 0.146 e. The van der Waals surface area contributed by atoms with Gasteiger partial charge in [-0.25, -0.2) is 0 Å². The van der Waals surface area contributed by atoms with Crippen molar-refractivity contribution in [2.24, 2.45) is 0 Å². The Morgan fingerprint density at radius 1 is 1.16 bits per heavy atom. The molecule has 0 amide bonds. The Bertz CT molecular complexity index is 542. The van der Waals surface area contributed by atoms with Crippen molar-refractivity contribution in [3.8, 4) is 11.5 Å². The van der Waals surface area contributed by atoms with E-state index in [1.165, 1.54) is 3.57 Å². The van der Waals surface area contributed by atoms with Crippen LogP contribution in [0.15, 0.2) is 42.5 Å². The Balaban J connectivity index is 2.10. The molecule has 0 spiro atoms. The van der Waals surface area contributed by atoms with Crippen LogP contribution in [-0.4, -0.2) is 6.54 Å². The minimum Gasteiger partial charge on any atom is -0.456 e. The van der Waals surface area contributed by atoms with Crippen molar-refractivity contribution < 1.29 is 4.74 Å². The molecular formula is C15H15ClINO. The summed E-state index contributed by atoms with van der Waals surface area (Å²) in [5.41, 5.74) is 1.15. The highest BCUT2D eigenvalue weighted by atomic mass is 127. The van der Waals surface area contributed by atoms with Gasteiger partial charge in [0.1, 0.15) is 11.5 Å². The van der Waals surface area contributed by atoms with Gasteiger partial charge in [0.15, 0.2) is 0 Å². The highest BCUT2D eigenvalue weighted by Gasteiger charge is 2.04. The van der Waals surface area contributed by atoms with Crippen molar-refractivity contribution in [3.63, 3.8) is 0 Å². The van der Waals surface area contributed by atoms with Crippen LogP contribution in [-0.2, 0) is 6.54 Å². The molecule has 0 atom stereocenters. The number of benzene rings is 2. The zero-order chi connectivity index (χ0) is 13.7. The summed E-state index contributed by atoms with van der Waals surface area (Å²) in [6.07, 6.45) is 0. The molecule has 2 aromatic rings. The van der Waals surface area contributed by atoms with E-state index < -0.39 is 0 Å². The van der Waals surface area contributed by atoms with Crippen molar-refractivity contribution in [1.29, 1.82) is 0 Å². The Hall–Kier alpha value is -0.780. The molecule has 0 saturated heterocycles. The van der Waals surface area contributed by atoms with Gasteiger partial charge in [-0.3, -0.25) is 0 Å². The van der Waals surface area contributed by atoms with Gasteiger partial charge in [-0.2, -0.15) is 0 Å². The van der Waals surface area contributed by atoms with E-state index in [2.05, 4.69) is 34.8 Å². The smallest absolute Gasteiger partial charge is 0.146 e. The molecule has 0 aliphatic heterocycles. The fourth-order valence-electron chi connectivity index (χ4n) is 1.64. The maximum absolute atomic E-state index is 6.24. The van der Waals surface area contributed by atoms with Gasteiger partial charge in [-0.15, -0.1) is 0 Å². The van der Waals surface area contributed by atoms with Crippen molar-refractivity contribution >= 4 is 34.2 Å². The second-order valence-electron chi connectivity index (χ2n) is 4.10. The molecule has 2 rings (SSSR count). The Morgan fingerprint density at radius 3 is 2.53 bits per heavy atom. The fourth-order valence-corrected chi connectivity index (χ4v) is 2.24. The zero-order valence-corrected chi connectivity index (χ0v) is 13.5. The first-order valence-electron chi connectivity index (χ1n) is 6.11. The van der Waals surface area contributed by atoms with Gasteiger partial charge in [0.2, 0.25) is 0 Å². The first kappa shape index (κ1) is 14.6. The molecule has 0 heterocycles. The first-order chi connectivity index (χ1) is 9.19. The normalized spacial score (nSPS) is 10.5. The summed E-state index contributed by atoms with van der Waals surface area (Å²) in [5.74, 6) is 1.48. The van der Waals surface area contributed by atoms with Crippen LogP contribution in [0.3, 0.4) is 0 Å². The van der Waals surface area contributed by atoms with Crippen LogP contribution in [0.4, 0.5) is 0 Å². The van der Waals surface area contributed by atoms with Crippen molar-refractivity contribution in [1.82, 2.24) is 5.32 Å². The SMILES string of the molecule is CCNCc1ccc(Oc2ccc(I)cc2)c(Cl)c1. The van der Waals surface area contributed by atoms with E-state index in [0.29, 0.717) is 10.8 Å². The number of ether oxygens (including phenoxy) is 1. The van der Waals surface area contributed by atoms with E-state index >= 15 is 0 Å². The molecule has 0 radical (unpaired) electrons. The van der Waals surface area contributed by atoms with E-state index in [0.717, 1.165) is 24.4 Å². The number of hydrogen-bond donors (Lipinski definition) is 1. The second kappa shape index (κ2) is 7.12. The molecule has 0 aliphatic rings. The first-order valence-corrected chi connectivity index (χ1v) is 7.57. The summed E-state index contributed by atoms with van der Waals surface area (Å²) < 4.78 is 6.95. The maximum atomic E-state index is 6.24. The molecule has 19 heavy (non-hydrogen) atoms. The predicted molar refractivity (Wildman–Crippen MR) is 88.1 cm³/mol. The van der Waals surface area contributed by atoms with Gasteiger partial charge in [-0.1, -0.05) is 24.6 Å². The van der Waals surface area contributed by atoms with Crippen LogP contribution in [0.5, 0.6) is 11.5 Å². The van der Waals surface area contributed by atoms with E-state index in [9.17, 15) is 0 Å². The summed E-state index contributed by atoms with van der Waals surface area (Å²) in [4.78, 5) is 0. The molecule has 4 heteroatoms. The number of halogens is 2. The fraction of sp³-hybridized carbons (Fsp3) is 0.200. The molecule has 0 bridgehead atoms. The number of nitrogens with one attached hydrogen (secondary N) is 1. The lowest BCUT2D eigenvalue weighted by Gasteiger charge is -2.09. The monoisotopic (exact) mass is 387 g/mol. The second-order valence-corrected chi connectivity index (χ2v) is 5.75. The lowest BCUT2D eigenvalue weighted by atomic mass is 10.2. The highest BCUT2D eigenvalue weighted by Crippen LogP contribution is 2.30. The summed E-state index contributed by atoms with van der Waals surface area (Å²) >= 11 is 8.50. The molecule has 100 valence electrons. The van der Waals surface area contributed by atoms with Crippen molar-refractivity contribution in [3.05, 3.63) is 56.6 Å². The largest absolute Gasteiger partial charge is 0.456 e. The van der Waals surface area contributed by atoms with Crippen LogP contribution in [0.25, 0.3) is 0 Å². The average Bonchev–Trinajstić information content (AvgIpc) is 2.41. The third kappa shape index (κ3) is 4.37. The molecule has 0 aromatic heterocycles.